The number of ether oxygens (including phenoxy) is 1. The highest BCUT2D eigenvalue weighted by molar-refractivity contribution is 7.89. The molecule has 2 aromatic rings. The van der Waals surface area contributed by atoms with Gasteiger partial charge < -0.3 is 10.1 Å². The Morgan fingerprint density at radius 2 is 1.77 bits per heavy atom. The smallest absolute Gasteiger partial charge is 0.244 e. The number of hydrogen-bond donors (Lipinski definition) is 1. The van der Waals surface area contributed by atoms with Crippen LogP contribution < -0.4 is 5.32 Å². The minimum Gasteiger partial charge on any atom is -0.379 e. The summed E-state index contributed by atoms with van der Waals surface area (Å²) in [4.78, 5) is 12.5. The number of anilines is 1. The van der Waals surface area contributed by atoms with Crippen LogP contribution in [-0.4, -0.2) is 44.9 Å². The molecular formula is C22H27ClN2O4S. The number of nitrogens with one attached hydrogen (secondary N) is 1. The highest BCUT2D eigenvalue weighted by Gasteiger charge is 2.28. The molecule has 8 heteroatoms. The van der Waals surface area contributed by atoms with Gasteiger partial charge >= 0.3 is 0 Å². The molecular weight excluding hydrogens is 424 g/mol. The van der Waals surface area contributed by atoms with Gasteiger partial charge in [0.1, 0.15) is 4.90 Å². The SMILES string of the molecule is CCCCc1ccc(CC(=O)Nc2ccc(Cl)c(S(=O)(=O)N3CCOCC3)c2)cc1. The van der Waals surface area contributed by atoms with Gasteiger partial charge in [0.15, 0.2) is 0 Å². The average molecular weight is 451 g/mol. The molecule has 162 valence electrons. The third kappa shape index (κ3) is 5.82. The van der Waals surface area contributed by atoms with Crippen molar-refractivity contribution in [2.24, 2.45) is 0 Å². The van der Waals surface area contributed by atoms with Crippen molar-refractivity contribution in [3.05, 3.63) is 58.6 Å². The van der Waals surface area contributed by atoms with Crippen molar-refractivity contribution in [3.8, 4) is 0 Å². The summed E-state index contributed by atoms with van der Waals surface area (Å²) in [6.07, 6.45) is 3.54. The molecule has 1 N–H and O–H groups in total. The fourth-order valence-corrected chi connectivity index (χ4v) is 5.21. The molecule has 1 amide bonds. The van der Waals surface area contributed by atoms with Crippen molar-refractivity contribution in [1.82, 2.24) is 4.31 Å². The monoisotopic (exact) mass is 450 g/mol. The minimum absolute atomic E-state index is 0.0101. The van der Waals surface area contributed by atoms with E-state index in [0.717, 1.165) is 24.8 Å². The topological polar surface area (TPSA) is 75.7 Å². The van der Waals surface area contributed by atoms with Crippen molar-refractivity contribution in [2.75, 3.05) is 31.6 Å². The molecule has 6 nitrogen and oxygen atoms in total. The van der Waals surface area contributed by atoms with Gasteiger partial charge in [0.05, 0.1) is 24.7 Å². The Kier molecular flexibility index (Phi) is 7.88. The van der Waals surface area contributed by atoms with Crippen LogP contribution >= 0.6 is 11.6 Å². The summed E-state index contributed by atoms with van der Waals surface area (Å²) in [5.41, 5.74) is 2.57. The number of hydrogen-bond acceptors (Lipinski definition) is 4. The number of sulfonamides is 1. The van der Waals surface area contributed by atoms with E-state index in [1.54, 1.807) is 6.07 Å². The van der Waals surface area contributed by atoms with E-state index in [9.17, 15) is 13.2 Å². The van der Waals surface area contributed by atoms with Gasteiger partial charge in [-0.25, -0.2) is 8.42 Å². The zero-order valence-corrected chi connectivity index (χ0v) is 18.6. The lowest BCUT2D eigenvalue weighted by atomic mass is 10.0. The van der Waals surface area contributed by atoms with Crippen LogP contribution in [0.1, 0.15) is 30.9 Å². The minimum atomic E-state index is -3.75. The molecule has 1 saturated heterocycles. The summed E-state index contributed by atoms with van der Waals surface area (Å²) in [6, 6.07) is 12.5. The van der Waals surface area contributed by atoms with E-state index in [1.807, 2.05) is 24.3 Å². The predicted octanol–water partition coefficient (Wildman–Crippen LogP) is 3.88. The maximum atomic E-state index is 12.9. The molecule has 0 unspecified atom stereocenters. The highest BCUT2D eigenvalue weighted by atomic mass is 35.5. The molecule has 1 aliphatic heterocycles. The second-order valence-electron chi connectivity index (χ2n) is 7.31. The first-order valence-electron chi connectivity index (χ1n) is 10.2. The molecule has 0 atom stereocenters. The number of unbranched alkanes of at least 4 members (excludes halogenated alkanes) is 1. The summed E-state index contributed by atoms with van der Waals surface area (Å²) >= 11 is 6.17. The standard InChI is InChI=1S/C22H27ClN2O4S/c1-2-3-4-17-5-7-18(8-6-17)15-22(26)24-19-9-10-20(23)21(16-19)30(27,28)25-11-13-29-14-12-25/h5-10,16H,2-4,11-15H2,1H3,(H,24,26). The van der Waals surface area contributed by atoms with Crippen LogP contribution in [0.2, 0.25) is 5.02 Å². The molecule has 0 aliphatic carbocycles. The van der Waals surface area contributed by atoms with Gasteiger partial charge in [-0.05, 0) is 42.2 Å². The van der Waals surface area contributed by atoms with Crippen molar-refractivity contribution < 1.29 is 17.9 Å². The second-order valence-corrected chi connectivity index (χ2v) is 9.62. The summed E-state index contributed by atoms with van der Waals surface area (Å²) in [5, 5.41) is 2.90. The first kappa shape index (κ1) is 22.7. The quantitative estimate of drug-likeness (QED) is 0.662. The fraction of sp³-hybridized carbons (Fsp3) is 0.409. The zero-order valence-electron chi connectivity index (χ0n) is 17.1. The van der Waals surface area contributed by atoms with E-state index in [1.165, 1.54) is 22.0 Å². The molecule has 0 bridgehead atoms. The molecule has 0 saturated carbocycles. The van der Waals surface area contributed by atoms with Crippen LogP contribution in [0.5, 0.6) is 0 Å². The molecule has 0 spiro atoms. The lowest BCUT2D eigenvalue weighted by Gasteiger charge is -2.26. The van der Waals surface area contributed by atoms with Crippen LogP contribution in [0.25, 0.3) is 0 Å². The number of halogens is 1. The normalized spacial score (nSPS) is 15.1. The molecule has 2 aromatic carbocycles. The van der Waals surface area contributed by atoms with E-state index in [2.05, 4.69) is 12.2 Å². The number of aryl methyl sites for hydroxylation is 1. The van der Waals surface area contributed by atoms with Crippen LogP contribution in [0.3, 0.4) is 0 Å². The van der Waals surface area contributed by atoms with Crippen LogP contribution in [0.15, 0.2) is 47.4 Å². The number of carbonyl (C=O) groups excluding carboxylic acids is 1. The van der Waals surface area contributed by atoms with Crippen LogP contribution in [0.4, 0.5) is 5.69 Å². The highest BCUT2D eigenvalue weighted by Crippen LogP contribution is 2.28. The van der Waals surface area contributed by atoms with Gasteiger partial charge in [0, 0.05) is 18.8 Å². The van der Waals surface area contributed by atoms with Gasteiger partial charge in [-0.1, -0.05) is 49.2 Å². The van der Waals surface area contributed by atoms with Crippen molar-refractivity contribution in [1.29, 1.82) is 0 Å². The van der Waals surface area contributed by atoms with E-state index in [-0.39, 0.29) is 35.3 Å². The summed E-state index contributed by atoms with van der Waals surface area (Å²) in [6.45, 7) is 3.43. The van der Waals surface area contributed by atoms with E-state index in [4.69, 9.17) is 16.3 Å². The first-order valence-corrected chi connectivity index (χ1v) is 12.0. The molecule has 1 fully saturated rings. The van der Waals surface area contributed by atoms with Gasteiger partial charge in [0.25, 0.3) is 0 Å². The van der Waals surface area contributed by atoms with E-state index < -0.39 is 10.0 Å². The number of carbonyl (C=O) groups is 1. The Morgan fingerprint density at radius 3 is 2.43 bits per heavy atom. The second kappa shape index (κ2) is 10.4. The number of amides is 1. The Hall–Kier alpha value is -1.93. The first-order chi connectivity index (χ1) is 14.4. The van der Waals surface area contributed by atoms with Gasteiger partial charge in [-0.3, -0.25) is 4.79 Å². The number of morpholine rings is 1. The Morgan fingerprint density at radius 1 is 1.10 bits per heavy atom. The lowest BCUT2D eigenvalue weighted by Crippen LogP contribution is -2.40. The molecule has 30 heavy (non-hydrogen) atoms. The van der Waals surface area contributed by atoms with Crippen molar-refractivity contribution >= 4 is 33.2 Å². The maximum absolute atomic E-state index is 12.9. The molecule has 1 aliphatic rings. The number of benzene rings is 2. The molecule has 0 aromatic heterocycles. The number of rotatable bonds is 8. The lowest BCUT2D eigenvalue weighted by molar-refractivity contribution is -0.115. The Labute approximate surface area is 183 Å². The molecule has 0 radical (unpaired) electrons. The van der Waals surface area contributed by atoms with Crippen molar-refractivity contribution in [2.45, 2.75) is 37.5 Å². The fourth-order valence-electron chi connectivity index (χ4n) is 3.30. The van der Waals surface area contributed by atoms with E-state index >= 15 is 0 Å². The third-order valence-electron chi connectivity index (χ3n) is 5.01. The predicted molar refractivity (Wildman–Crippen MR) is 118 cm³/mol. The van der Waals surface area contributed by atoms with E-state index in [0.29, 0.717) is 18.9 Å². The molecule has 3 rings (SSSR count). The van der Waals surface area contributed by atoms with Gasteiger partial charge in [-0.15, -0.1) is 0 Å². The van der Waals surface area contributed by atoms with Gasteiger partial charge in [-0.2, -0.15) is 4.31 Å². The largest absolute Gasteiger partial charge is 0.379 e. The van der Waals surface area contributed by atoms with Crippen LogP contribution in [0, 0.1) is 0 Å². The maximum Gasteiger partial charge on any atom is 0.244 e. The summed E-state index contributed by atoms with van der Waals surface area (Å²) in [5.74, 6) is -0.214. The summed E-state index contributed by atoms with van der Waals surface area (Å²) in [7, 11) is -3.75. The summed E-state index contributed by atoms with van der Waals surface area (Å²) < 4.78 is 32.4. The number of nitrogens with zero attached hydrogens (tertiary/aromatic N) is 1. The zero-order chi connectivity index (χ0) is 21.6. The van der Waals surface area contributed by atoms with Gasteiger partial charge in [0.2, 0.25) is 15.9 Å². The Balaban J connectivity index is 1.68. The molecule has 1 heterocycles. The third-order valence-corrected chi connectivity index (χ3v) is 7.39. The average Bonchev–Trinajstić information content (AvgIpc) is 2.75. The van der Waals surface area contributed by atoms with Crippen molar-refractivity contribution in [3.63, 3.8) is 0 Å². The Bertz CT molecular complexity index is 971. The van der Waals surface area contributed by atoms with Crippen LogP contribution in [-0.2, 0) is 32.4 Å².